The Labute approximate surface area is 125 Å². The molecule has 0 bridgehead atoms. The van der Waals surface area contributed by atoms with Gasteiger partial charge in [0.1, 0.15) is 5.56 Å². The van der Waals surface area contributed by atoms with E-state index >= 15 is 0 Å². The number of hydrogen-bond donors (Lipinski definition) is 2. The summed E-state index contributed by atoms with van der Waals surface area (Å²) in [6.07, 6.45) is -3.35. The number of aromatic amines is 1. The van der Waals surface area contributed by atoms with Crippen LogP contribution in [0.4, 0.5) is 13.2 Å². The molecule has 0 aliphatic heterocycles. The molecule has 0 spiro atoms. The summed E-state index contributed by atoms with van der Waals surface area (Å²) in [7, 11) is 0. The maximum Gasteiger partial charge on any atom is 0.416 e. The molecule has 23 heavy (non-hydrogen) atoms. The van der Waals surface area contributed by atoms with Gasteiger partial charge in [0.05, 0.1) is 11.3 Å². The van der Waals surface area contributed by atoms with Crippen LogP contribution in [-0.4, -0.2) is 25.7 Å². The number of carboxylic acid groups (broad SMARTS) is 1. The van der Waals surface area contributed by atoms with Gasteiger partial charge in [0.2, 0.25) is 0 Å². The van der Waals surface area contributed by atoms with Gasteiger partial charge in [0, 0.05) is 17.8 Å². The average molecular weight is 323 g/mol. The molecular weight excluding hydrogens is 315 g/mol. The number of rotatable bonds is 2. The third kappa shape index (κ3) is 2.56. The number of benzene rings is 1. The number of carboxylic acids is 1. The van der Waals surface area contributed by atoms with E-state index in [1.807, 2.05) is 0 Å². The van der Waals surface area contributed by atoms with Gasteiger partial charge in [0.25, 0.3) is 5.56 Å². The molecule has 0 unspecified atom stereocenters. The van der Waals surface area contributed by atoms with Gasteiger partial charge < -0.3 is 5.11 Å². The van der Waals surface area contributed by atoms with Crippen LogP contribution in [0.15, 0.2) is 41.3 Å². The van der Waals surface area contributed by atoms with Crippen molar-refractivity contribution in [2.24, 2.45) is 0 Å². The lowest BCUT2D eigenvalue weighted by Crippen LogP contribution is -2.15. The molecular formula is C14H8F3N3O3. The molecule has 0 aliphatic carbocycles. The van der Waals surface area contributed by atoms with Gasteiger partial charge in [-0.05, 0) is 12.1 Å². The zero-order chi connectivity index (χ0) is 16.8. The summed E-state index contributed by atoms with van der Waals surface area (Å²) in [5.41, 5.74) is -1.36. The number of hydrogen-bond acceptors (Lipinski definition) is 3. The van der Waals surface area contributed by atoms with E-state index in [1.54, 1.807) is 0 Å². The van der Waals surface area contributed by atoms with Crippen LogP contribution in [0.2, 0.25) is 0 Å². The number of H-pyrrole nitrogens is 1. The van der Waals surface area contributed by atoms with Crippen LogP contribution in [0.3, 0.4) is 0 Å². The van der Waals surface area contributed by atoms with Crippen LogP contribution in [0.5, 0.6) is 0 Å². The lowest BCUT2D eigenvalue weighted by atomic mass is 10.1. The summed E-state index contributed by atoms with van der Waals surface area (Å²) in [6.45, 7) is 0. The van der Waals surface area contributed by atoms with Crippen LogP contribution >= 0.6 is 0 Å². The van der Waals surface area contributed by atoms with Crippen molar-refractivity contribution in [2.75, 3.05) is 0 Å². The lowest BCUT2D eigenvalue weighted by molar-refractivity contribution is -0.137. The minimum absolute atomic E-state index is 0.0887. The molecule has 0 amide bonds. The number of nitrogens with zero attached hydrogens (tertiary/aromatic N) is 2. The third-order valence-corrected chi connectivity index (χ3v) is 3.24. The normalized spacial score (nSPS) is 11.8. The number of alkyl halides is 3. The van der Waals surface area contributed by atoms with Gasteiger partial charge in [-0.2, -0.15) is 13.2 Å². The second-order valence-corrected chi connectivity index (χ2v) is 4.71. The minimum Gasteiger partial charge on any atom is -0.477 e. The average Bonchev–Trinajstić information content (AvgIpc) is 2.91. The van der Waals surface area contributed by atoms with E-state index < -0.39 is 23.3 Å². The molecule has 0 radical (unpaired) electrons. The summed E-state index contributed by atoms with van der Waals surface area (Å²) < 4.78 is 38.6. The van der Waals surface area contributed by atoms with Crippen LogP contribution < -0.4 is 5.56 Å². The second-order valence-electron chi connectivity index (χ2n) is 4.71. The van der Waals surface area contributed by atoms with E-state index in [2.05, 4.69) is 10.1 Å². The van der Waals surface area contributed by atoms with Gasteiger partial charge in [-0.25, -0.2) is 14.3 Å². The van der Waals surface area contributed by atoms with Gasteiger partial charge in [-0.1, -0.05) is 12.1 Å². The Morgan fingerprint density at radius 2 is 1.87 bits per heavy atom. The first-order chi connectivity index (χ1) is 10.8. The van der Waals surface area contributed by atoms with Crippen molar-refractivity contribution in [2.45, 2.75) is 6.18 Å². The number of fused-ring (bicyclic) bond motifs is 1. The number of nitrogens with one attached hydrogen (secondary N) is 1. The van der Waals surface area contributed by atoms with Crippen molar-refractivity contribution in [1.82, 2.24) is 14.6 Å². The van der Waals surface area contributed by atoms with Crippen LogP contribution in [0.1, 0.15) is 15.9 Å². The standard InChI is InChI=1S/C14H8F3N3O3/c15-14(16,17)8-3-1-7(2-4-8)10-5-11(21)20-12(19-10)9(6-18-20)13(22)23/h1-6,18H,(H,22,23). The molecule has 0 atom stereocenters. The molecule has 0 fully saturated rings. The van der Waals surface area contributed by atoms with Crippen LogP contribution in [-0.2, 0) is 6.18 Å². The monoisotopic (exact) mass is 323 g/mol. The number of carbonyl (C=O) groups is 1. The zero-order valence-electron chi connectivity index (χ0n) is 11.3. The number of halogens is 3. The Hall–Kier alpha value is -3.10. The topological polar surface area (TPSA) is 87.5 Å². The summed E-state index contributed by atoms with van der Waals surface area (Å²) in [5.74, 6) is -1.28. The predicted molar refractivity (Wildman–Crippen MR) is 73.2 cm³/mol. The van der Waals surface area contributed by atoms with Crippen molar-refractivity contribution in [3.8, 4) is 11.3 Å². The largest absolute Gasteiger partial charge is 0.477 e. The lowest BCUT2D eigenvalue weighted by Gasteiger charge is -2.07. The highest BCUT2D eigenvalue weighted by Gasteiger charge is 2.30. The number of aromatic nitrogens is 3. The Balaban J connectivity index is 2.15. The minimum atomic E-state index is -4.47. The highest BCUT2D eigenvalue weighted by molar-refractivity contribution is 5.94. The molecule has 0 saturated carbocycles. The predicted octanol–water partition coefficient (Wildman–Crippen LogP) is 2.41. The van der Waals surface area contributed by atoms with Crippen molar-refractivity contribution in [3.63, 3.8) is 0 Å². The van der Waals surface area contributed by atoms with E-state index in [9.17, 15) is 22.8 Å². The molecule has 3 aromatic rings. The Kier molecular flexibility index (Phi) is 3.20. The molecule has 0 saturated heterocycles. The molecule has 118 valence electrons. The van der Waals surface area contributed by atoms with E-state index in [-0.39, 0.29) is 22.5 Å². The second kappa shape index (κ2) is 4.97. The zero-order valence-corrected chi connectivity index (χ0v) is 11.3. The van der Waals surface area contributed by atoms with Crippen LogP contribution in [0, 0.1) is 0 Å². The Morgan fingerprint density at radius 1 is 1.22 bits per heavy atom. The third-order valence-electron chi connectivity index (χ3n) is 3.24. The summed E-state index contributed by atoms with van der Waals surface area (Å²) in [4.78, 5) is 27.1. The van der Waals surface area contributed by atoms with E-state index in [1.165, 1.54) is 12.1 Å². The van der Waals surface area contributed by atoms with Crippen molar-refractivity contribution in [1.29, 1.82) is 0 Å². The molecule has 6 nitrogen and oxygen atoms in total. The fraction of sp³-hybridized carbons (Fsp3) is 0.0714. The fourth-order valence-corrected chi connectivity index (χ4v) is 2.12. The van der Waals surface area contributed by atoms with Crippen LogP contribution in [0.25, 0.3) is 16.9 Å². The van der Waals surface area contributed by atoms with Gasteiger partial charge in [-0.15, -0.1) is 0 Å². The highest BCUT2D eigenvalue weighted by Crippen LogP contribution is 2.30. The first kappa shape index (κ1) is 14.8. The summed E-state index contributed by atoms with van der Waals surface area (Å²) in [6, 6.07) is 5.20. The molecule has 2 heterocycles. The molecule has 9 heteroatoms. The summed E-state index contributed by atoms with van der Waals surface area (Å²) >= 11 is 0. The molecule has 1 aromatic carbocycles. The van der Waals surface area contributed by atoms with Crippen molar-refractivity contribution in [3.05, 3.63) is 58.0 Å². The number of aromatic carboxylic acids is 1. The van der Waals surface area contributed by atoms with Gasteiger partial charge in [0.15, 0.2) is 5.65 Å². The summed E-state index contributed by atoms with van der Waals surface area (Å²) in [5, 5.41) is 11.5. The first-order valence-corrected chi connectivity index (χ1v) is 6.29. The highest BCUT2D eigenvalue weighted by atomic mass is 19.4. The van der Waals surface area contributed by atoms with E-state index in [0.717, 1.165) is 28.9 Å². The quantitative estimate of drug-likeness (QED) is 0.758. The van der Waals surface area contributed by atoms with Crippen molar-refractivity contribution >= 4 is 11.6 Å². The SMILES string of the molecule is O=C(O)c1c[nH]n2c(=O)cc(-c3ccc(C(F)(F)F)cc3)nc12. The molecule has 3 rings (SSSR count). The smallest absolute Gasteiger partial charge is 0.416 e. The Morgan fingerprint density at radius 3 is 2.43 bits per heavy atom. The van der Waals surface area contributed by atoms with Gasteiger partial charge in [-0.3, -0.25) is 9.89 Å². The molecule has 2 aromatic heterocycles. The van der Waals surface area contributed by atoms with E-state index in [4.69, 9.17) is 5.11 Å². The maximum absolute atomic E-state index is 12.6. The molecule has 0 aliphatic rings. The first-order valence-electron chi connectivity index (χ1n) is 6.29. The Bertz CT molecular complexity index is 955. The maximum atomic E-state index is 12.6. The molecule has 2 N–H and O–H groups in total. The van der Waals surface area contributed by atoms with Crippen molar-refractivity contribution < 1.29 is 23.1 Å². The van der Waals surface area contributed by atoms with E-state index in [0.29, 0.717) is 0 Å². The van der Waals surface area contributed by atoms with Gasteiger partial charge >= 0.3 is 12.1 Å². The fourth-order valence-electron chi connectivity index (χ4n) is 2.12.